The molecule has 2 N–H and O–H groups in total. The van der Waals surface area contributed by atoms with Crippen LogP contribution in [0.1, 0.15) is 44.0 Å². The third-order valence-electron chi connectivity index (χ3n) is 7.15. The van der Waals surface area contributed by atoms with Gasteiger partial charge in [-0.15, -0.1) is 0 Å². The van der Waals surface area contributed by atoms with Gasteiger partial charge in [-0.05, 0) is 70.0 Å². The van der Waals surface area contributed by atoms with Crippen LogP contribution in [0, 0.1) is 11.6 Å². The molecule has 220 valence electrons. The molecule has 0 saturated carbocycles. The van der Waals surface area contributed by atoms with Gasteiger partial charge in [0.25, 0.3) is 5.91 Å². The van der Waals surface area contributed by atoms with Crippen molar-refractivity contribution in [2.24, 2.45) is 0 Å². The van der Waals surface area contributed by atoms with Gasteiger partial charge in [-0.3, -0.25) is 4.79 Å². The third-order valence-corrected chi connectivity index (χ3v) is 8.03. The second-order valence-electron chi connectivity index (χ2n) is 11.1. The average Bonchev–Trinajstić information content (AvgIpc) is 3.34. The van der Waals surface area contributed by atoms with E-state index in [1.807, 2.05) is 20.8 Å². The minimum absolute atomic E-state index is 0.139. The molecule has 0 aliphatic carbocycles. The first-order valence-electron chi connectivity index (χ1n) is 13.4. The van der Waals surface area contributed by atoms with Crippen LogP contribution in [0.4, 0.5) is 36.0 Å². The molecule has 0 bridgehead atoms. The summed E-state index contributed by atoms with van der Waals surface area (Å²) in [7, 11) is 1.65. The fraction of sp³-hybridized carbons (Fsp3) is 0.345. The maximum atomic E-state index is 14.3. The number of hydrogen-bond acceptors (Lipinski definition) is 8. The van der Waals surface area contributed by atoms with Gasteiger partial charge in [0.15, 0.2) is 5.13 Å². The van der Waals surface area contributed by atoms with E-state index in [4.69, 9.17) is 0 Å². The number of piperidine rings is 1. The van der Waals surface area contributed by atoms with Gasteiger partial charge in [0, 0.05) is 44.0 Å². The fourth-order valence-corrected chi connectivity index (χ4v) is 5.97. The molecule has 1 aliphatic rings. The van der Waals surface area contributed by atoms with E-state index < -0.39 is 23.3 Å². The number of carbonyl (C=O) groups excluding carboxylic acids is 1. The smallest absolute Gasteiger partial charge is 0.407 e. The lowest BCUT2D eigenvalue weighted by Crippen LogP contribution is -2.55. The van der Waals surface area contributed by atoms with Gasteiger partial charge in [0.1, 0.15) is 33.6 Å². The standard InChI is InChI=1S/C29H31F2N7O3S/c1-29(2,3)38(28(40)41)19-11-13-37(14-12-19)26(39)17-5-9-23(32-16-17)34-27-33-21-7-10-24(35-25(21)42-27)36(4)22-8-6-18(30)15-20(22)31/h5-10,15-16,19H,11-14H2,1-4H3,(H,40,41)(H,32,33,34). The molecule has 1 fully saturated rings. The molecule has 1 aromatic carbocycles. The number of amides is 2. The predicted octanol–water partition coefficient (Wildman–Crippen LogP) is 6.26. The van der Waals surface area contributed by atoms with Crippen LogP contribution < -0.4 is 10.2 Å². The van der Waals surface area contributed by atoms with Crippen LogP contribution in [-0.4, -0.2) is 73.6 Å². The van der Waals surface area contributed by atoms with E-state index in [-0.39, 0.29) is 17.6 Å². The lowest BCUT2D eigenvalue weighted by Gasteiger charge is -2.43. The topological polar surface area (TPSA) is 115 Å². The Bertz CT molecular complexity index is 1620. The van der Waals surface area contributed by atoms with E-state index in [2.05, 4.69) is 20.3 Å². The summed E-state index contributed by atoms with van der Waals surface area (Å²) in [5.74, 6) is -0.514. The number of nitrogens with zero attached hydrogens (tertiary/aromatic N) is 6. The third kappa shape index (κ3) is 6.10. The molecule has 0 radical (unpaired) electrons. The second kappa shape index (κ2) is 11.5. The summed E-state index contributed by atoms with van der Waals surface area (Å²) in [5.41, 5.74) is 0.761. The van der Waals surface area contributed by atoms with Crippen LogP contribution >= 0.6 is 11.3 Å². The number of fused-ring (bicyclic) bond motifs is 1. The first kappa shape index (κ1) is 29.1. The number of halogens is 2. The number of benzene rings is 1. The molecule has 42 heavy (non-hydrogen) atoms. The van der Waals surface area contributed by atoms with Gasteiger partial charge in [0.05, 0.1) is 11.3 Å². The van der Waals surface area contributed by atoms with Crippen molar-refractivity contribution in [3.05, 3.63) is 65.9 Å². The zero-order chi connectivity index (χ0) is 30.2. The van der Waals surface area contributed by atoms with Gasteiger partial charge >= 0.3 is 6.09 Å². The minimum Gasteiger partial charge on any atom is -0.465 e. The highest BCUT2D eigenvalue weighted by Gasteiger charge is 2.36. The van der Waals surface area contributed by atoms with Crippen molar-refractivity contribution in [2.75, 3.05) is 30.4 Å². The number of carbonyl (C=O) groups is 2. The molecule has 4 heterocycles. The number of aromatic nitrogens is 3. The molecule has 0 unspecified atom stereocenters. The highest BCUT2D eigenvalue weighted by Crippen LogP contribution is 2.31. The van der Waals surface area contributed by atoms with E-state index in [1.54, 1.807) is 36.2 Å². The van der Waals surface area contributed by atoms with Crippen molar-refractivity contribution in [3.63, 3.8) is 0 Å². The molecule has 1 saturated heterocycles. The first-order valence-corrected chi connectivity index (χ1v) is 14.2. The summed E-state index contributed by atoms with van der Waals surface area (Å²) in [6, 6.07) is 10.1. The SMILES string of the molecule is CN(c1ccc2nc(Nc3ccc(C(=O)N4CCC(N(C(=O)O)C(C)(C)C)CC4)cn3)sc2n1)c1ccc(F)cc1F. The van der Waals surface area contributed by atoms with E-state index >= 15 is 0 Å². The van der Waals surface area contributed by atoms with Crippen LogP contribution in [-0.2, 0) is 0 Å². The first-order chi connectivity index (χ1) is 19.9. The Balaban J connectivity index is 1.22. The molecular weight excluding hydrogens is 564 g/mol. The van der Waals surface area contributed by atoms with Crippen molar-refractivity contribution in [1.82, 2.24) is 24.8 Å². The molecule has 0 atom stereocenters. The van der Waals surface area contributed by atoms with Crippen molar-refractivity contribution >= 4 is 56.1 Å². The van der Waals surface area contributed by atoms with Gasteiger partial charge in [0.2, 0.25) is 0 Å². The Morgan fingerprint density at radius 2 is 1.81 bits per heavy atom. The molecule has 5 rings (SSSR count). The number of hydrogen-bond donors (Lipinski definition) is 2. The van der Waals surface area contributed by atoms with Crippen molar-refractivity contribution in [1.29, 1.82) is 0 Å². The summed E-state index contributed by atoms with van der Waals surface area (Å²) in [5, 5.41) is 13.4. The van der Waals surface area contributed by atoms with Crippen LogP contribution in [0.2, 0.25) is 0 Å². The Morgan fingerprint density at radius 3 is 2.43 bits per heavy atom. The molecule has 3 aromatic heterocycles. The quantitative estimate of drug-likeness (QED) is 0.269. The predicted molar refractivity (Wildman–Crippen MR) is 158 cm³/mol. The van der Waals surface area contributed by atoms with E-state index in [1.165, 1.54) is 39.5 Å². The van der Waals surface area contributed by atoms with Crippen LogP contribution in [0.15, 0.2) is 48.7 Å². The van der Waals surface area contributed by atoms with Crippen molar-refractivity contribution in [3.8, 4) is 0 Å². The van der Waals surface area contributed by atoms with Crippen LogP contribution in [0.3, 0.4) is 0 Å². The number of rotatable bonds is 6. The minimum atomic E-state index is -0.948. The lowest BCUT2D eigenvalue weighted by molar-refractivity contribution is 0.0384. The molecule has 4 aromatic rings. The van der Waals surface area contributed by atoms with E-state index in [9.17, 15) is 23.5 Å². The van der Waals surface area contributed by atoms with Crippen molar-refractivity contribution in [2.45, 2.75) is 45.2 Å². The molecule has 2 amide bonds. The normalized spacial score (nSPS) is 14.2. The van der Waals surface area contributed by atoms with Gasteiger partial charge in [-0.1, -0.05) is 11.3 Å². The Labute approximate surface area is 245 Å². The monoisotopic (exact) mass is 595 g/mol. The largest absolute Gasteiger partial charge is 0.465 e. The zero-order valence-corrected chi connectivity index (χ0v) is 24.5. The van der Waals surface area contributed by atoms with Crippen LogP contribution in [0.25, 0.3) is 10.3 Å². The summed E-state index contributed by atoms with van der Waals surface area (Å²) in [4.78, 5) is 43.8. The summed E-state index contributed by atoms with van der Waals surface area (Å²) in [6.07, 6.45) is 1.71. The number of nitrogens with one attached hydrogen (secondary N) is 1. The molecule has 13 heteroatoms. The van der Waals surface area contributed by atoms with E-state index in [0.717, 1.165) is 6.07 Å². The molecule has 10 nitrogen and oxygen atoms in total. The van der Waals surface area contributed by atoms with Gasteiger partial charge in [-0.25, -0.2) is 28.5 Å². The second-order valence-corrected chi connectivity index (χ2v) is 12.0. The number of likely N-dealkylation sites (tertiary alicyclic amines) is 1. The van der Waals surface area contributed by atoms with Gasteiger partial charge < -0.3 is 25.1 Å². The number of pyridine rings is 2. The Kier molecular flexibility index (Phi) is 7.95. The molecular formula is C29H31F2N7O3S. The van der Waals surface area contributed by atoms with E-state index in [0.29, 0.717) is 58.6 Å². The number of anilines is 4. The summed E-state index contributed by atoms with van der Waals surface area (Å²) in [6.45, 7) is 6.55. The molecule has 0 spiro atoms. The summed E-state index contributed by atoms with van der Waals surface area (Å²) < 4.78 is 27.6. The molecule has 1 aliphatic heterocycles. The maximum Gasteiger partial charge on any atom is 0.407 e. The highest BCUT2D eigenvalue weighted by molar-refractivity contribution is 7.21. The zero-order valence-electron chi connectivity index (χ0n) is 23.6. The van der Waals surface area contributed by atoms with Gasteiger partial charge in [-0.2, -0.15) is 0 Å². The Hall–Kier alpha value is -4.39. The summed E-state index contributed by atoms with van der Waals surface area (Å²) >= 11 is 1.29. The lowest BCUT2D eigenvalue weighted by atomic mass is 9.96. The fourth-order valence-electron chi connectivity index (χ4n) is 5.13. The highest BCUT2D eigenvalue weighted by atomic mass is 32.1. The van der Waals surface area contributed by atoms with Crippen LogP contribution in [0.5, 0.6) is 0 Å². The number of carboxylic acid groups (broad SMARTS) is 1. The number of thiazole rings is 1. The average molecular weight is 596 g/mol. The maximum absolute atomic E-state index is 14.3. The van der Waals surface area contributed by atoms with Crippen molar-refractivity contribution < 1.29 is 23.5 Å². The Morgan fingerprint density at radius 1 is 1.07 bits per heavy atom.